The van der Waals surface area contributed by atoms with Crippen molar-refractivity contribution in [3.8, 4) is 6.07 Å². The highest BCUT2D eigenvalue weighted by Gasteiger charge is 2.45. The predicted octanol–water partition coefficient (Wildman–Crippen LogP) is 2.83. The molecule has 144 valence electrons. The van der Waals surface area contributed by atoms with Gasteiger partial charge in [0.15, 0.2) is 5.82 Å². The second kappa shape index (κ2) is 6.88. The first-order chi connectivity index (χ1) is 13.6. The average molecular weight is 382 g/mol. The molecule has 1 atom stereocenters. The third-order valence-corrected chi connectivity index (χ3v) is 5.05. The second-order valence-electron chi connectivity index (χ2n) is 6.80. The molecule has 2 heterocycles. The summed E-state index contributed by atoms with van der Waals surface area (Å²) < 4.78 is 15.0. The maximum Gasteiger partial charge on any atom is 0.415 e. The lowest BCUT2D eigenvalue weighted by Gasteiger charge is -2.20. The van der Waals surface area contributed by atoms with E-state index in [1.165, 1.54) is 29.2 Å². The molecule has 0 spiro atoms. The van der Waals surface area contributed by atoms with Crippen LogP contribution in [0.2, 0.25) is 0 Å². The Balaban J connectivity index is 1.46. The average Bonchev–Trinajstić information content (AvgIpc) is 3.15. The molecule has 1 aliphatic carbocycles. The first kappa shape index (κ1) is 17.9. The Morgan fingerprint density at radius 3 is 2.71 bits per heavy atom. The first-order valence-electron chi connectivity index (χ1n) is 8.82. The molecule has 1 saturated heterocycles. The number of carbonyl (C=O) groups excluding carboxylic acids is 2. The standard InChI is InChI=1S/C19H18N4O5/c1-26-17(24)23(16-6-9-27-21-16)11-15-10-22(18(25)28-15)14-4-2-13(3-5-14)19(12-20)7-8-19/h2-6,9,15H,7-8,10-11H2,1H3/t15-/m1/s1. The molecule has 0 N–H and O–H groups in total. The van der Waals surface area contributed by atoms with E-state index in [-0.39, 0.29) is 24.3 Å². The molecule has 1 aromatic heterocycles. The summed E-state index contributed by atoms with van der Waals surface area (Å²) in [5, 5.41) is 13.0. The van der Waals surface area contributed by atoms with Gasteiger partial charge in [0.2, 0.25) is 0 Å². The third-order valence-electron chi connectivity index (χ3n) is 5.05. The zero-order valence-electron chi connectivity index (χ0n) is 15.2. The number of carbonyl (C=O) groups is 2. The van der Waals surface area contributed by atoms with Gasteiger partial charge in [0, 0.05) is 11.8 Å². The van der Waals surface area contributed by atoms with Gasteiger partial charge in [-0.2, -0.15) is 5.26 Å². The summed E-state index contributed by atoms with van der Waals surface area (Å²) in [6, 6.07) is 11.3. The quantitative estimate of drug-likeness (QED) is 0.782. The van der Waals surface area contributed by atoms with E-state index < -0.39 is 18.3 Å². The summed E-state index contributed by atoms with van der Waals surface area (Å²) in [7, 11) is 1.26. The number of aromatic nitrogens is 1. The smallest absolute Gasteiger partial charge is 0.415 e. The number of benzene rings is 1. The molecule has 9 heteroatoms. The molecule has 0 radical (unpaired) electrons. The molecular formula is C19H18N4O5. The molecule has 0 bridgehead atoms. The Morgan fingerprint density at radius 1 is 1.39 bits per heavy atom. The van der Waals surface area contributed by atoms with E-state index in [0.29, 0.717) is 5.69 Å². The largest absolute Gasteiger partial charge is 0.452 e. The van der Waals surface area contributed by atoms with Crippen LogP contribution in [0, 0.1) is 11.3 Å². The lowest BCUT2D eigenvalue weighted by Crippen LogP contribution is -2.39. The van der Waals surface area contributed by atoms with Gasteiger partial charge < -0.3 is 14.0 Å². The summed E-state index contributed by atoms with van der Waals surface area (Å²) in [5.74, 6) is 0.275. The van der Waals surface area contributed by atoms with Gasteiger partial charge in [-0.1, -0.05) is 17.3 Å². The van der Waals surface area contributed by atoms with E-state index in [1.54, 1.807) is 0 Å². The molecule has 4 rings (SSSR count). The lowest BCUT2D eigenvalue weighted by atomic mass is 9.97. The van der Waals surface area contributed by atoms with E-state index >= 15 is 0 Å². The number of hydrogen-bond donors (Lipinski definition) is 0. The maximum atomic E-state index is 12.3. The van der Waals surface area contributed by atoms with Crippen molar-refractivity contribution < 1.29 is 23.6 Å². The number of nitriles is 1. The summed E-state index contributed by atoms with van der Waals surface area (Å²) in [5.41, 5.74) is 1.27. The van der Waals surface area contributed by atoms with Crippen LogP contribution in [-0.4, -0.2) is 43.6 Å². The van der Waals surface area contributed by atoms with Crippen molar-refractivity contribution >= 4 is 23.7 Å². The Morgan fingerprint density at radius 2 is 2.14 bits per heavy atom. The van der Waals surface area contributed by atoms with Crippen molar-refractivity contribution in [3.63, 3.8) is 0 Å². The summed E-state index contributed by atoms with van der Waals surface area (Å²) in [6.45, 7) is 0.351. The molecule has 1 saturated carbocycles. The van der Waals surface area contributed by atoms with Crippen LogP contribution in [0.25, 0.3) is 0 Å². The summed E-state index contributed by atoms with van der Waals surface area (Å²) >= 11 is 0. The van der Waals surface area contributed by atoms with Crippen molar-refractivity contribution in [1.29, 1.82) is 5.26 Å². The van der Waals surface area contributed by atoms with Crippen molar-refractivity contribution in [3.05, 3.63) is 42.2 Å². The van der Waals surface area contributed by atoms with Gasteiger partial charge in [0.25, 0.3) is 0 Å². The lowest BCUT2D eigenvalue weighted by molar-refractivity contribution is 0.138. The first-order valence-corrected chi connectivity index (χ1v) is 8.82. The fourth-order valence-electron chi connectivity index (χ4n) is 3.30. The van der Waals surface area contributed by atoms with Crippen LogP contribution >= 0.6 is 0 Å². The molecule has 2 fully saturated rings. The summed E-state index contributed by atoms with van der Waals surface area (Å²) in [4.78, 5) is 27.1. The molecule has 1 aliphatic heterocycles. The minimum Gasteiger partial charge on any atom is -0.452 e. The third kappa shape index (κ3) is 3.13. The SMILES string of the molecule is COC(=O)N(C[C@H]1CN(c2ccc(C3(C#N)CC3)cc2)C(=O)O1)c1ccon1. The minimum absolute atomic E-state index is 0.0804. The zero-order valence-corrected chi connectivity index (χ0v) is 15.2. The van der Waals surface area contributed by atoms with E-state index in [2.05, 4.69) is 11.2 Å². The van der Waals surface area contributed by atoms with Crippen molar-refractivity contribution in [1.82, 2.24) is 5.16 Å². The molecule has 2 aromatic rings. The molecule has 2 amide bonds. The Bertz CT molecular complexity index is 915. The second-order valence-corrected chi connectivity index (χ2v) is 6.80. The molecule has 2 aliphatic rings. The fourth-order valence-corrected chi connectivity index (χ4v) is 3.30. The van der Waals surface area contributed by atoms with Gasteiger partial charge in [0.05, 0.1) is 31.7 Å². The number of cyclic esters (lactones) is 1. The van der Waals surface area contributed by atoms with E-state index in [1.807, 2.05) is 24.3 Å². The topological polar surface area (TPSA) is 109 Å². The van der Waals surface area contributed by atoms with Crippen molar-refractivity contribution in [2.45, 2.75) is 24.4 Å². The van der Waals surface area contributed by atoms with Gasteiger partial charge in [-0.3, -0.25) is 9.80 Å². The van der Waals surface area contributed by atoms with E-state index in [0.717, 1.165) is 18.4 Å². The molecule has 1 aromatic carbocycles. The van der Waals surface area contributed by atoms with Gasteiger partial charge in [0.1, 0.15) is 12.4 Å². The van der Waals surface area contributed by atoms with Gasteiger partial charge in [-0.25, -0.2) is 9.59 Å². The molecule has 9 nitrogen and oxygen atoms in total. The van der Waals surface area contributed by atoms with Crippen LogP contribution in [0.4, 0.5) is 21.1 Å². The highest BCUT2D eigenvalue weighted by atomic mass is 16.6. The number of rotatable bonds is 5. The fraction of sp³-hybridized carbons (Fsp3) is 0.368. The maximum absolute atomic E-state index is 12.3. The number of hydrogen-bond acceptors (Lipinski definition) is 7. The number of anilines is 2. The minimum atomic E-state index is -0.626. The zero-order chi connectivity index (χ0) is 19.7. The number of amides is 2. The van der Waals surface area contributed by atoms with Crippen LogP contribution in [0.3, 0.4) is 0 Å². The van der Waals surface area contributed by atoms with Gasteiger partial charge >= 0.3 is 12.2 Å². The number of ether oxygens (including phenoxy) is 2. The molecule has 0 unspecified atom stereocenters. The number of nitrogens with zero attached hydrogens (tertiary/aromatic N) is 4. The normalized spacial score (nSPS) is 19.6. The molecular weight excluding hydrogens is 364 g/mol. The van der Waals surface area contributed by atoms with Crippen LogP contribution in [0.5, 0.6) is 0 Å². The predicted molar refractivity (Wildman–Crippen MR) is 96.8 cm³/mol. The Kier molecular flexibility index (Phi) is 4.39. The monoisotopic (exact) mass is 382 g/mol. The van der Waals surface area contributed by atoms with Crippen LogP contribution in [-0.2, 0) is 14.9 Å². The summed E-state index contributed by atoms with van der Waals surface area (Å²) in [6.07, 6.45) is 1.39. The van der Waals surface area contributed by atoms with Gasteiger partial charge in [-0.15, -0.1) is 0 Å². The highest BCUT2D eigenvalue weighted by Crippen LogP contribution is 2.47. The number of methoxy groups -OCH3 is 1. The van der Waals surface area contributed by atoms with Crippen LogP contribution < -0.4 is 9.80 Å². The van der Waals surface area contributed by atoms with Gasteiger partial charge in [-0.05, 0) is 30.5 Å². The highest BCUT2D eigenvalue weighted by molar-refractivity contribution is 5.90. The Labute approximate surface area is 161 Å². The van der Waals surface area contributed by atoms with E-state index in [4.69, 9.17) is 14.0 Å². The Hall–Kier alpha value is -3.54. The molecule has 28 heavy (non-hydrogen) atoms. The van der Waals surface area contributed by atoms with Crippen LogP contribution in [0.15, 0.2) is 41.1 Å². The van der Waals surface area contributed by atoms with Crippen molar-refractivity contribution in [2.24, 2.45) is 0 Å². The van der Waals surface area contributed by atoms with Crippen LogP contribution in [0.1, 0.15) is 18.4 Å². The van der Waals surface area contributed by atoms with E-state index in [9.17, 15) is 14.9 Å². The van der Waals surface area contributed by atoms with Crippen molar-refractivity contribution in [2.75, 3.05) is 30.0 Å².